The molecule has 54 valence electrons. The third kappa shape index (κ3) is 2.87. The first-order valence-electron chi connectivity index (χ1n) is 2.81. The molecule has 0 heterocycles. The van der Waals surface area contributed by atoms with Gasteiger partial charge in [0.05, 0.1) is 0 Å². The molecule has 0 bridgehead atoms. The van der Waals surface area contributed by atoms with Gasteiger partial charge >= 0.3 is 5.97 Å². The van der Waals surface area contributed by atoms with Crippen LogP contribution in [0.4, 0.5) is 0 Å². The molecule has 0 saturated heterocycles. The molecule has 2 nitrogen and oxygen atoms in total. The van der Waals surface area contributed by atoms with Crippen LogP contribution in [0.5, 0.6) is 0 Å². The lowest BCUT2D eigenvalue weighted by atomic mass is 10.1. The molecular weight excluding hydrogens is 128 g/mol. The maximum atomic E-state index is 10.1. The van der Waals surface area contributed by atoms with E-state index in [2.05, 4.69) is 13.2 Å². The summed E-state index contributed by atoms with van der Waals surface area (Å²) >= 11 is 0. The van der Waals surface area contributed by atoms with E-state index in [0.717, 1.165) is 6.08 Å². The highest BCUT2D eigenvalue weighted by Gasteiger charge is 1.94. The molecule has 0 fully saturated rings. The minimum Gasteiger partial charge on any atom is -0.478 e. The maximum Gasteiger partial charge on any atom is 0.328 e. The first kappa shape index (κ1) is 8.69. The summed E-state index contributed by atoms with van der Waals surface area (Å²) in [7, 11) is 0. The third-order valence-electron chi connectivity index (χ3n) is 0.992. The van der Waals surface area contributed by atoms with Gasteiger partial charge in [-0.3, -0.25) is 0 Å². The lowest BCUT2D eigenvalue weighted by Crippen LogP contribution is -1.90. The number of carboxylic acids is 1. The smallest absolute Gasteiger partial charge is 0.328 e. The fourth-order valence-corrected chi connectivity index (χ4v) is 0.489. The number of carbonyl (C=O) groups is 1. The molecule has 0 aliphatic heterocycles. The lowest BCUT2D eigenvalue weighted by molar-refractivity contribution is -0.131. The highest BCUT2D eigenvalue weighted by atomic mass is 16.4. The van der Waals surface area contributed by atoms with E-state index in [1.807, 2.05) is 0 Å². The fourth-order valence-electron chi connectivity index (χ4n) is 0.489. The van der Waals surface area contributed by atoms with E-state index in [4.69, 9.17) is 5.11 Å². The summed E-state index contributed by atoms with van der Waals surface area (Å²) in [5, 5.41) is 8.30. The maximum absolute atomic E-state index is 10.1. The largest absolute Gasteiger partial charge is 0.478 e. The van der Waals surface area contributed by atoms with Crippen LogP contribution in [-0.2, 0) is 4.79 Å². The molecule has 0 saturated carbocycles. The molecule has 2 heteroatoms. The van der Waals surface area contributed by atoms with E-state index in [-0.39, 0.29) is 0 Å². The summed E-state index contributed by atoms with van der Waals surface area (Å²) in [6.45, 7) is 8.75. The Bertz CT molecular complexity index is 199. The number of aliphatic carboxylic acids is 1. The highest BCUT2D eigenvalue weighted by molar-refractivity contribution is 5.82. The van der Waals surface area contributed by atoms with Gasteiger partial charge in [-0.15, -0.1) is 0 Å². The zero-order valence-corrected chi connectivity index (χ0v) is 5.92. The molecule has 0 aliphatic rings. The second kappa shape index (κ2) is 3.67. The Morgan fingerprint density at radius 3 is 2.20 bits per heavy atom. The summed E-state index contributed by atoms with van der Waals surface area (Å²) in [6, 6.07) is 0. The van der Waals surface area contributed by atoms with Crippen LogP contribution in [0, 0.1) is 0 Å². The molecule has 1 N–H and O–H groups in total. The van der Waals surface area contributed by atoms with Crippen LogP contribution in [0.15, 0.2) is 36.5 Å². The first-order chi connectivity index (χ1) is 4.57. The van der Waals surface area contributed by atoms with Gasteiger partial charge in [0.2, 0.25) is 0 Å². The lowest BCUT2D eigenvalue weighted by Gasteiger charge is -1.95. The van der Waals surface area contributed by atoms with Crippen molar-refractivity contribution in [3.63, 3.8) is 0 Å². The standard InChI is InChI=1S/C8H10O2/c1-4-7(6(2)3)5-8(9)10/h4-5H,1-2H2,3H3,(H,9,10). The quantitative estimate of drug-likeness (QED) is 0.476. The Morgan fingerprint density at radius 2 is 2.10 bits per heavy atom. The van der Waals surface area contributed by atoms with Gasteiger partial charge in [-0.05, 0) is 12.5 Å². The molecule has 0 aliphatic carbocycles. The van der Waals surface area contributed by atoms with E-state index in [9.17, 15) is 4.79 Å². The van der Waals surface area contributed by atoms with Crippen molar-refractivity contribution >= 4 is 5.97 Å². The molecule has 0 unspecified atom stereocenters. The summed E-state index contributed by atoms with van der Waals surface area (Å²) < 4.78 is 0. The summed E-state index contributed by atoms with van der Waals surface area (Å²) in [5.74, 6) is -0.974. The van der Waals surface area contributed by atoms with E-state index in [1.54, 1.807) is 6.92 Å². The van der Waals surface area contributed by atoms with Gasteiger partial charge in [-0.2, -0.15) is 0 Å². The molecule has 0 radical (unpaired) electrons. The van der Waals surface area contributed by atoms with Crippen LogP contribution in [0.1, 0.15) is 6.92 Å². The van der Waals surface area contributed by atoms with Crippen molar-refractivity contribution in [2.75, 3.05) is 0 Å². The van der Waals surface area contributed by atoms with Crippen LogP contribution in [0.3, 0.4) is 0 Å². The number of hydrogen-bond donors (Lipinski definition) is 1. The van der Waals surface area contributed by atoms with Gasteiger partial charge < -0.3 is 5.11 Å². The van der Waals surface area contributed by atoms with E-state index in [0.29, 0.717) is 11.1 Å². The second-order valence-corrected chi connectivity index (χ2v) is 1.92. The molecule has 0 aromatic rings. The normalized spacial score (nSPS) is 10.7. The Labute approximate surface area is 60.2 Å². The SMILES string of the molecule is C=CC(=CC(=O)O)C(=C)C. The van der Waals surface area contributed by atoms with Crippen molar-refractivity contribution in [2.45, 2.75) is 6.92 Å². The number of allylic oxidation sites excluding steroid dienone is 3. The van der Waals surface area contributed by atoms with Gasteiger partial charge in [0.15, 0.2) is 0 Å². The van der Waals surface area contributed by atoms with Crippen LogP contribution in [0.25, 0.3) is 0 Å². The Kier molecular flexibility index (Phi) is 3.19. The van der Waals surface area contributed by atoms with E-state index >= 15 is 0 Å². The van der Waals surface area contributed by atoms with Crippen molar-refractivity contribution < 1.29 is 9.90 Å². The van der Waals surface area contributed by atoms with E-state index in [1.165, 1.54) is 6.08 Å². The predicted octanol–water partition coefficient (Wildman–Crippen LogP) is 1.76. The second-order valence-electron chi connectivity index (χ2n) is 1.92. The first-order valence-corrected chi connectivity index (χ1v) is 2.81. The van der Waals surface area contributed by atoms with Gasteiger partial charge in [-0.1, -0.05) is 24.8 Å². The van der Waals surface area contributed by atoms with Gasteiger partial charge in [-0.25, -0.2) is 4.79 Å². The molecule has 0 aromatic heterocycles. The van der Waals surface area contributed by atoms with Crippen molar-refractivity contribution in [2.24, 2.45) is 0 Å². The summed E-state index contributed by atoms with van der Waals surface area (Å²) in [6.07, 6.45) is 2.55. The van der Waals surface area contributed by atoms with Crippen LogP contribution >= 0.6 is 0 Å². The Balaban J connectivity index is 4.49. The average Bonchev–Trinajstić information content (AvgIpc) is 1.81. The van der Waals surface area contributed by atoms with Crippen molar-refractivity contribution in [3.05, 3.63) is 36.5 Å². The van der Waals surface area contributed by atoms with Gasteiger partial charge in [0.25, 0.3) is 0 Å². The molecule has 10 heavy (non-hydrogen) atoms. The monoisotopic (exact) mass is 138 g/mol. The fraction of sp³-hybridized carbons (Fsp3) is 0.125. The van der Waals surface area contributed by atoms with Crippen LogP contribution in [-0.4, -0.2) is 11.1 Å². The average molecular weight is 138 g/mol. The molecule has 0 spiro atoms. The third-order valence-corrected chi connectivity index (χ3v) is 0.992. The molecular formula is C8H10O2. The van der Waals surface area contributed by atoms with Gasteiger partial charge in [0.1, 0.15) is 0 Å². The number of rotatable bonds is 3. The van der Waals surface area contributed by atoms with Crippen LogP contribution < -0.4 is 0 Å². The minimum absolute atomic E-state index is 0.563. The summed E-state index contributed by atoms with van der Waals surface area (Å²) in [4.78, 5) is 10.1. The van der Waals surface area contributed by atoms with E-state index < -0.39 is 5.97 Å². The van der Waals surface area contributed by atoms with Crippen molar-refractivity contribution in [3.8, 4) is 0 Å². The number of hydrogen-bond acceptors (Lipinski definition) is 1. The minimum atomic E-state index is -0.974. The number of carboxylic acid groups (broad SMARTS) is 1. The summed E-state index contributed by atoms with van der Waals surface area (Å²) in [5.41, 5.74) is 1.27. The molecule has 0 rings (SSSR count). The molecule has 0 aromatic carbocycles. The predicted molar refractivity (Wildman–Crippen MR) is 40.7 cm³/mol. The molecule has 0 atom stereocenters. The topological polar surface area (TPSA) is 37.3 Å². The zero-order chi connectivity index (χ0) is 8.15. The van der Waals surface area contributed by atoms with Crippen LogP contribution in [0.2, 0.25) is 0 Å². The zero-order valence-electron chi connectivity index (χ0n) is 5.92. The Morgan fingerprint density at radius 1 is 1.60 bits per heavy atom. The van der Waals surface area contributed by atoms with Crippen molar-refractivity contribution in [1.29, 1.82) is 0 Å². The van der Waals surface area contributed by atoms with Crippen molar-refractivity contribution in [1.82, 2.24) is 0 Å². The Hall–Kier alpha value is -1.31. The highest BCUT2D eigenvalue weighted by Crippen LogP contribution is 2.06. The van der Waals surface area contributed by atoms with Gasteiger partial charge in [0, 0.05) is 6.08 Å². The molecule has 0 amide bonds.